The van der Waals surface area contributed by atoms with Gasteiger partial charge in [-0.1, -0.05) is 11.3 Å². The van der Waals surface area contributed by atoms with Crippen molar-refractivity contribution in [2.45, 2.75) is 18.4 Å². The van der Waals surface area contributed by atoms with Crippen molar-refractivity contribution in [1.29, 1.82) is 0 Å². The first-order chi connectivity index (χ1) is 8.19. The quantitative estimate of drug-likeness (QED) is 0.863. The molecule has 0 radical (unpaired) electrons. The van der Waals surface area contributed by atoms with E-state index >= 15 is 0 Å². The van der Waals surface area contributed by atoms with Crippen molar-refractivity contribution in [3.8, 4) is 5.75 Å². The molecule has 0 spiro atoms. The molecule has 0 aliphatic heterocycles. The van der Waals surface area contributed by atoms with Crippen LogP contribution in [0, 0.1) is 6.92 Å². The van der Waals surface area contributed by atoms with E-state index in [1.807, 2.05) is 12.1 Å². The van der Waals surface area contributed by atoms with Gasteiger partial charge in [-0.05, 0) is 36.9 Å². The summed E-state index contributed by atoms with van der Waals surface area (Å²) < 4.78 is 5.63. The van der Waals surface area contributed by atoms with E-state index in [2.05, 4.69) is 29.4 Å². The van der Waals surface area contributed by atoms with E-state index < -0.39 is 0 Å². The molecular weight excluding hydrogens is 254 g/mol. The average molecular weight is 267 g/mol. The van der Waals surface area contributed by atoms with Crippen LogP contribution in [0.15, 0.2) is 23.1 Å². The number of nitrogens with zero attached hydrogens (tertiary/aromatic N) is 2. The Morgan fingerprint density at radius 3 is 2.82 bits per heavy atom. The zero-order valence-corrected chi connectivity index (χ0v) is 11.3. The summed E-state index contributed by atoms with van der Waals surface area (Å²) in [4.78, 5) is 1.26. The first-order valence-corrected chi connectivity index (χ1v) is 7.08. The van der Waals surface area contributed by atoms with Crippen molar-refractivity contribution in [3.63, 3.8) is 0 Å². The Balaban J connectivity index is 2.02. The normalized spacial score (nSPS) is 10.5. The van der Waals surface area contributed by atoms with Crippen molar-refractivity contribution in [2.24, 2.45) is 0 Å². The van der Waals surface area contributed by atoms with E-state index in [4.69, 9.17) is 10.5 Å². The zero-order valence-electron chi connectivity index (χ0n) is 9.64. The summed E-state index contributed by atoms with van der Waals surface area (Å²) in [6.07, 6.45) is 2.06. The minimum atomic E-state index is 0.410. The number of anilines is 1. The highest BCUT2D eigenvalue weighted by Crippen LogP contribution is 2.25. The molecule has 0 unspecified atom stereocenters. The van der Waals surface area contributed by atoms with Crippen LogP contribution in [0.25, 0.3) is 0 Å². The molecule has 1 aromatic heterocycles. The van der Waals surface area contributed by atoms with E-state index in [9.17, 15) is 0 Å². The minimum absolute atomic E-state index is 0.410. The molecule has 1 heterocycles. The number of benzene rings is 1. The van der Waals surface area contributed by atoms with Gasteiger partial charge < -0.3 is 10.5 Å². The van der Waals surface area contributed by atoms with Gasteiger partial charge in [0.1, 0.15) is 12.4 Å². The zero-order chi connectivity index (χ0) is 12.3. The Hall–Kier alpha value is -1.27. The molecule has 0 bridgehead atoms. The van der Waals surface area contributed by atoms with Crippen LogP contribution in [0.5, 0.6) is 5.75 Å². The third-order valence-electron chi connectivity index (χ3n) is 2.21. The lowest BCUT2D eigenvalue weighted by Gasteiger charge is -2.07. The third-order valence-corrected chi connectivity index (χ3v) is 3.83. The molecule has 90 valence electrons. The topological polar surface area (TPSA) is 61.0 Å². The fourth-order valence-electron chi connectivity index (χ4n) is 1.41. The highest BCUT2D eigenvalue weighted by molar-refractivity contribution is 7.98. The maximum absolute atomic E-state index is 5.63. The third kappa shape index (κ3) is 3.10. The van der Waals surface area contributed by atoms with Gasteiger partial charge in [0, 0.05) is 4.90 Å². The molecule has 0 aliphatic carbocycles. The van der Waals surface area contributed by atoms with E-state index in [0.717, 1.165) is 10.8 Å². The van der Waals surface area contributed by atoms with Gasteiger partial charge in [-0.15, -0.1) is 22.0 Å². The summed E-state index contributed by atoms with van der Waals surface area (Å²) in [7, 11) is 0. The summed E-state index contributed by atoms with van der Waals surface area (Å²) >= 11 is 3.07. The van der Waals surface area contributed by atoms with Crippen LogP contribution in [0.2, 0.25) is 0 Å². The molecule has 0 aliphatic rings. The van der Waals surface area contributed by atoms with Crippen LogP contribution in [0.3, 0.4) is 0 Å². The van der Waals surface area contributed by atoms with Gasteiger partial charge in [0.05, 0.1) is 0 Å². The predicted molar refractivity (Wildman–Crippen MR) is 71.6 cm³/mol. The lowest BCUT2D eigenvalue weighted by Crippen LogP contribution is -1.95. The smallest absolute Gasteiger partial charge is 0.203 e. The van der Waals surface area contributed by atoms with Crippen LogP contribution >= 0.6 is 23.1 Å². The Labute approximate surface area is 108 Å². The number of aryl methyl sites for hydroxylation is 1. The predicted octanol–water partition coefficient (Wildman–Crippen LogP) is 2.73. The molecule has 6 heteroatoms. The van der Waals surface area contributed by atoms with Gasteiger partial charge in [0.15, 0.2) is 5.01 Å². The molecule has 2 aromatic rings. The van der Waals surface area contributed by atoms with Crippen molar-refractivity contribution in [2.75, 3.05) is 12.0 Å². The van der Waals surface area contributed by atoms with E-state index in [1.165, 1.54) is 21.8 Å². The average Bonchev–Trinajstić information content (AvgIpc) is 2.73. The molecule has 4 nitrogen and oxygen atoms in total. The van der Waals surface area contributed by atoms with Gasteiger partial charge in [-0.2, -0.15) is 0 Å². The maximum atomic E-state index is 5.63. The number of hydrogen-bond acceptors (Lipinski definition) is 6. The molecule has 0 atom stereocenters. The fraction of sp³-hybridized carbons (Fsp3) is 0.273. The monoisotopic (exact) mass is 267 g/mol. The minimum Gasteiger partial charge on any atom is -0.486 e. The molecule has 1 aromatic carbocycles. The second kappa shape index (κ2) is 5.37. The summed E-state index contributed by atoms with van der Waals surface area (Å²) in [5.41, 5.74) is 6.71. The Kier molecular flexibility index (Phi) is 3.86. The first-order valence-electron chi connectivity index (χ1n) is 5.04. The SMILES string of the molecule is CSc1ccc(OCc2nnc(N)s2)cc1C. The fourth-order valence-corrected chi connectivity index (χ4v) is 2.52. The van der Waals surface area contributed by atoms with Crippen molar-refractivity contribution in [1.82, 2.24) is 10.2 Å². The molecular formula is C11H13N3OS2. The van der Waals surface area contributed by atoms with E-state index in [1.54, 1.807) is 11.8 Å². The number of hydrogen-bond donors (Lipinski definition) is 1. The number of nitrogens with two attached hydrogens (primary N) is 1. The number of ether oxygens (including phenoxy) is 1. The summed E-state index contributed by atoms with van der Waals surface area (Å²) in [5, 5.41) is 8.89. The molecule has 0 amide bonds. The number of aromatic nitrogens is 2. The van der Waals surface area contributed by atoms with Crippen LogP contribution in [0.1, 0.15) is 10.6 Å². The summed E-state index contributed by atoms with van der Waals surface area (Å²) in [6, 6.07) is 6.04. The van der Waals surface area contributed by atoms with Crippen LogP contribution < -0.4 is 10.5 Å². The van der Waals surface area contributed by atoms with Gasteiger partial charge in [0.25, 0.3) is 0 Å². The lowest BCUT2D eigenvalue weighted by atomic mass is 10.2. The van der Waals surface area contributed by atoms with Crippen LogP contribution in [-0.4, -0.2) is 16.5 Å². The molecule has 0 saturated carbocycles. The van der Waals surface area contributed by atoms with Gasteiger partial charge in [-0.3, -0.25) is 0 Å². The number of rotatable bonds is 4. The largest absolute Gasteiger partial charge is 0.486 e. The maximum Gasteiger partial charge on any atom is 0.203 e. The van der Waals surface area contributed by atoms with Crippen molar-refractivity contribution < 1.29 is 4.74 Å². The molecule has 2 rings (SSSR count). The Bertz CT molecular complexity index is 513. The van der Waals surface area contributed by atoms with Gasteiger partial charge >= 0.3 is 0 Å². The second-order valence-electron chi connectivity index (χ2n) is 3.45. The Morgan fingerprint density at radius 2 is 2.24 bits per heavy atom. The molecule has 17 heavy (non-hydrogen) atoms. The Morgan fingerprint density at radius 1 is 1.41 bits per heavy atom. The van der Waals surface area contributed by atoms with Crippen molar-refractivity contribution >= 4 is 28.2 Å². The van der Waals surface area contributed by atoms with E-state index in [0.29, 0.717) is 11.7 Å². The van der Waals surface area contributed by atoms with Crippen LogP contribution in [0.4, 0.5) is 5.13 Å². The van der Waals surface area contributed by atoms with E-state index in [-0.39, 0.29) is 0 Å². The molecule has 0 saturated heterocycles. The summed E-state index contributed by atoms with van der Waals surface area (Å²) in [6.45, 7) is 2.48. The molecule has 0 fully saturated rings. The number of thioether (sulfide) groups is 1. The second-order valence-corrected chi connectivity index (χ2v) is 5.40. The first kappa shape index (κ1) is 12.2. The highest BCUT2D eigenvalue weighted by Gasteiger charge is 2.03. The summed E-state index contributed by atoms with van der Waals surface area (Å²) in [5.74, 6) is 0.842. The molecule has 2 N–H and O–H groups in total. The van der Waals surface area contributed by atoms with Gasteiger partial charge in [0.2, 0.25) is 5.13 Å². The lowest BCUT2D eigenvalue weighted by molar-refractivity contribution is 0.304. The van der Waals surface area contributed by atoms with Crippen molar-refractivity contribution in [3.05, 3.63) is 28.8 Å². The van der Waals surface area contributed by atoms with Gasteiger partial charge in [-0.25, -0.2) is 0 Å². The number of nitrogen functional groups attached to an aromatic ring is 1. The standard InChI is InChI=1S/C11H13N3OS2/c1-7-5-8(3-4-9(7)16-2)15-6-10-13-14-11(12)17-10/h3-5H,6H2,1-2H3,(H2,12,14). The van der Waals surface area contributed by atoms with Crippen LogP contribution in [-0.2, 0) is 6.61 Å². The highest BCUT2D eigenvalue weighted by atomic mass is 32.2.